The summed E-state index contributed by atoms with van der Waals surface area (Å²) in [5, 5.41) is 26.1. The Labute approximate surface area is 184 Å². The van der Waals surface area contributed by atoms with Crippen LogP contribution in [0.3, 0.4) is 0 Å². The molecule has 1 unspecified atom stereocenters. The van der Waals surface area contributed by atoms with Crippen LogP contribution < -0.4 is 10.6 Å². The lowest BCUT2D eigenvalue weighted by molar-refractivity contribution is 0.0394. The van der Waals surface area contributed by atoms with Crippen molar-refractivity contribution in [1.29, 1.82) is 0 Å². The molecule has 0 saturated carbocycles. The third kappa shape index (κ3) is 4.21. The van der Waals surface area contributed by atoms with Crippen molar-refractivity contribution in [3.05, 3.63) is 34.6 Å². The van der Waals surface area contributed by atoms with Crippen molar-refractivity contribution in [3.8, 4) is 0 Å². The van der Waals surface area contributed by atoms with Gasteiger partial charge in [-0.05, 0) is 37.1 Å². The predicted octanol–water partition coefficient (Wildman–Crippen LogP) is 3.37. The van der Waals surface area contributed by atoms with Gasteiger partial charge in [-0.15, -0.1) is 11.3 Å². The summed E-state index contributed by atoms with van der Waals surface area (Å²) < 4.78 is 0. The number of aromatic amines is 1. The van der Waals surface area contributed by atoms with Gasteiger partial charge in [0.2, 0.25) is 12.5 Å². The smallest absolute Gasteiger partial charge is 0.227 e. The number of anilines is 3. The molecule has 0 spiro atoms. The number of fused-ring (bicyclic) bond motifs is 3. The molecule has 3 aromatic rings. The zero-order valence-corrected chi connectivity index (χ0v) is 18.0. The standard InChI is InChI=1S/C21H26N8OS/c1-22-6-7-29-15-3-2-4-16(29)10-13(9-15)23-21-25-19(17-5-8-31-20(17)26-21)24-18-11-14(12-30)27-28-18/h5,8,11,13,15-16,30H,2-4,6-7,9-10,12H2,(H3,23,24,25,26,27,28)/t13?,15-,16+. The molecule has 31 heavy (non-hydrogen) atoms. The molecular weight excluding hydrogens is 412 g/mol. The Kier molecular flexibility index (Phi) is 5.72. The summed E-state index contributed by atoms with van der Waals surface area (Å²) in [4.78, 5) is 16.6. The van der Waals surface area contributed by atoms with Gasteiger partial charge in [-0.25, -0.2) is 11.6 Å². The number of aromatic nitrogens is 4. The normalized spacial score (nSPS) is 23.5. The number of thiophene rings is 1. The molecule has 2 aliphatic rings. The molecule has 4 N–H and O–H groups in total. The molecule has 2 saturated heterocycles. The van der Waals surface area contributed by atoms with Crippen LogP contribution in [-0.2, 0) is 6.61 Å². The van der Waals surface area contributed by atoms with Crippen LogP contribution in [0.25, 0.3) is 15.1 Å². The van der Waals surface area contributed by atoms with Crippen molar-refractivity contribution in [2.45, 2.75) is 56.8 Å². The molecule has 5 rings (SSSR count). The minimum absolute atomic E-state index is 0.0873. The van der Waals surface area contributed by atoms with E-state index >= 15 is 0 Å². The zero-order chi connectivity index (χ0) is 21.2. The lowest BCUT2D eigenvalue weighted by Crippen LogP contribution is -2.55. The second-order valence-electron chi connectivity index (χ2n) is 8.27. The van der Waals surface area contributed by atoms with Crippen LogP contribution in [0.5, 0.6) is 0 Å². The second kappa shape index (κ2) is 8.78. The summed E-state index contributed by atoms with van der Waals surface area (Å²) in [6, 6.07) is 5.18. The van der Waals surface area contributed by atoms with Crippen LogP contribution in [0, 0.1) is 6.57 Å². The van der Waals surface area contributed by atoms with E-state index in [2.05, 4.69) is 30.6 Å². The molecule has 2 fully saturated rings. The van der Waals surface area contributed by atoms with E-state index in [1.807, 2.05) is 11.4 Å². The first-order chi connectivity index (χ1) is 15.2. The number of piperidine rings is 2. The van der Waals surface area contributed by atoms with Crippen LogP contribution in [0.2, 0.25) is 0 Å². The van der Waals surface area contributed by atoms with Gasteiger partial charge in [0, 0.05) is 24.2 Å². The number of H-pyrrole nitrogens is 1. The lowest BCUT2D eigenvalue weighted by Gasteiger charge is -2.48. The highest BCUT2D eigenvalue weighted by atomic mass is 32.1. The molecule has 0 aliphatic carbocycles. The SMILES string of the molecule is [C-]#[N+]CCN1[C@@H]2CCC[C@H]1CC(Nc1nc(Nc3cc(CO)[nH]n3)c3ccsc3n1)C2. The Bertz CT molecular complexity index is 1070. The van der Waals surface area contributed by atoms with Crippen molar-refractivity contribution in [3.63, 3.8) is 0 Å². The van der Waals surface area contributed by atoms with Crippen LogP contribution in [-0.4, -0.2) is 61.4 Å². The van der Waals surface area contributed by atoms with E-state index in [1.165, 1.54) is 19.3 Å². The van der Waals surface area contributed by atoms with Crippen molar-refractivity contribution in [2.75, 3.05) is 23.7 Å². The van der Waals surface area contributed by atoms with Crippen molar-refractivity contribution >= 4 is 39.1 Å². The van der Waals surface area contributed by atoms with E-state index in [4.69, 9.17) is 16.5 Å². The van der Waals surface area contributed by atoms with Gasteiger partial charge < -0.3 is 20.6 Å². The third-order valence-corrected chi connectivity index (χ3v) is 7.11. The van der Waals surface area contributed by atoms with Gasteiger partial charge in [-0.3, -0.25) is 10.00 Å². The van der Waals surface area contributed by atoms with Gasteiger partial charge in [0.1, 0.15) is 10.6 Å². The average molecular weight is 439 g/mol. The summed E-state index contributed by atoms with van der Waals surface area (Å²) in [6.45, 7) is 8.51. The first-order valence-corrected chi connectivity index (χ1v) is 11.6. The van der Waals surface area contributed by atoms with Crippen molar-refractivity contribution in [1.82, 2.24) is 25.1 Å². The van der Waals surface area contributed by atoms with Crippen molar-refractivity contribution < 1.29 is 5.11 Å². The molecular formula is C21H26N8OS. The molecule has 3 atom stereocenters. The average Bonchev–Trinajstić information content (AvgIpc) is 3.41. The van der Waals surface area contributed by atoms with Gasteiger partial charge >= 0.3 is 0 Å². The van der Waals surface area contributed by atoms with Crippen LogP contribution in [0.15, 0.2) is 17.5 Å². The monoisotopic (exact) mass is 438 g/mol. The number of nitrogens with one attached hydrogen (secondary N) is 3. The van der Waals surface area contributed by atoms with Crippen LogP contribution in [0.1, 0.15) is 37.8 Å². The van der Waals surface area contributed by atoms with Crippen molar-refractivity contribution in [2.24, 2.45) is 0 Å². The fourth-order valence-corrected chi connectivity index (χ4v) is 5.72. The molecule has 0 amide bonds. The van der Waals surface area contributed by atoms with Crippen LogP contribution in [0.4, 0.5) is 17.6 Å². The summed E-state index contributed by atoms with van der Waals surface area (Å²) in [6.07, 6.45) is 5.81. The number of hydrogen-bond donors (Lipinski definition) is 4. The maximum absolute atomic E-state index is 9.27. The van der Waals surface area contributed by atoms with E-state index in [-0.39, 0.29) is 6.61 Å². The fraction of sp³-hybridized carbons (Fsp3) is 0.524. The fourth-order valence-electron chi connectivity index (χ4n) is 4.95. The minimum Gasteiger partial charge on any atom is -0.390 e. The summed E-state index contributed by atoms with van der Waals surface area (Å²) in [5.41, 5.74) is 0.646. The quantitative estimate of drug-likeness (QED) is 0.419. The molecule has 5 heterocycles. The maximum Gasteiger partial charge on any atom is 0.227 e. The highest BCUT2D eigenvalue weighted by molar-refractivity contribution is 7.16. The Morgan fingerprint density at radius 1 is 1.29 bits per heavy atom. The third-order valence-electron chi connectivity index (χ3n) is 6.30. The highest BCUT2D eigenvalue weighted by Crippen LogP contribution is 2.35. The molecule has 2 bridgehead atoms. The predicted molar refractivity (Wildman–Crippen MR) is 121 cm³/mol. The minimum atomic E-state index is -0.0873. The highest BCUT2D eigenvalue weighted by Gasteiger charge is 2.38. The molecule has 10 heteroatoms. The maximum atomic E-state index is 9.27. The molecule has 162 valence electrons. The van der Waals surface area contributed by atoms with Crippen LogP contribution >= 0.6 is 11.3 Å². The molecule has 9 nitrogen and oxygen atoms in total. The summed E-state index contributed by atoms with van der Waals surface area (Å²) >= 11 is 1.59. The number of hydrogen-bond acceptors (Lipinski definition) is 8. The first-order valence-electron chi connectivity index (χ1n) is 10.8. The van der Waals surface area contributed by atoms with E-state index in [0.29, 0.717) is 47.9 Å². The zero-order valence-electron chi connectivity index (χ0n) is 17.2. The molecule has 0 aromatic carbocycles. The summed E-state index contributed by atoms with van der Waals surface area (Å²) in [5.74, 6) is 1.95. The largest absolute Gasteiger partial charge is 0.390 e. The van der Waals surface area contributed by atoms with E-state index in [0.717, 1.165) is 29.6 Å². The van der Waals surface area contributed by atoms with E-state index in [1.54, 1.807) is 17.4 Å². The Morgan fingerprint density at radius 2 is 2.13 bits per heavy atom. The van der Waals surface area contributed by atoms with E-state index in [9.17, 15) is 5.11 Å². The number of rotatable bonds is 7. The Balaban J connectivity index is 1.34. The molecule has 3 aromatic heterocycles. The van der Waals surface area contributed by atoms with Gasteiger partial charge in [0.15, 0.2) is 5.82 Å². The number of aliphatic hydroxyl groups is 1. The summed E-state index contributed by atoms with van der Waals surface area (Å²) in [7, 11) is 0. The molecule has 0 radical (unpaired) electrons. The van der Waals surface area contributed by atoms with Gasteiger partial charge in [-0.2, -0.15) is 10.1 Å². The Morgan fingerprint density at radius 3 is 2.87 bits per heavy atom. The lowest BCUT2D eigenvalue weighted by atomic mass is 9.82. The Hall–Kier alpha value is -2.74. The second-order valence-corrected chi connectivity index (χ2v) is 9.16. The van der Waals surface area contributed by atoms with Gasteiger partial charge in [0.05, 0.1) is 24.2 Å². The van der Waals surface area contributed by atoms with Gasteiger partial charge in [-0.1, -0.05) is 6.42 Å². The van der Waals surface area contributed by atoms with E-state index < -0.39 is 0 Å². The topological polar surface area (TPSA) is 106 Å². The van der Waals surface area contributed by atoms with Gasteiger partial charge in [0.25, 0.3) is 0 Å². The molecule has 2 aliphatic heterocycles. The first kappa shape index (κ1) is 20.2. The number of aliphatic hydroxyl groups excluding tert-OH is 1. The number of nitrogens with zero attached hydrogens (tertiary/aromatic N) is 5.